The van der Waals surface area contributed by atoms with Gasteiger partial charge in [-0.3, -0.25) is 14.4 Å². The average molecular weight is 556 g/mol. The number of benzene rings is 3. The van der Waals surface area contributed by atoms with Gasteiger partial charge in [0.25, 0.3) is 17.7 Å². The molecule has 0 unspecified atom stereocenters. The molecule has 1 aliphatic heterocycles. The number of anilines is 3. The van der Waals surface area contributed by atoms with Gasteiger partial charge in [0, 0.05) is 16.9 Å². The number of halogens is 5. The van der Waals surface area contributed by atoms with E-state index in [1.165, 1.54) is 24.3 Å². The molecule has 3 amide bonds. The van der Waals surface area contributed by atoms with Crippen LogP contribution in [0, 0.1) is 0 Å². The van der Waals surface area contributed by atoms with E-state index in [2.05, 4.69) is 10.6 Å². The third-order valence-electron chi connectivity index (χ3n) is 4.77. The van der Waals surface area contributed by atoms with Gasteiger partial charge in [0.1, 0.15) is 10.7 Å². The molecule has 172 valence electrons. The lowest BCUT2D eigenvalue weighted by Crippen LogP contribution is -2.32. The maximum absolute atomic E-state index is 13.0. The van der Waals surface area contributed by atoms with Crippen molar-refractivity contribution in [3.63, 3.8) is 0 Å². The molecule has 11 heteroatoms. The fraction of sp³-hybridized carbons (Fsp3) is 0. The number of carbonyl (C=O) groups excluding carboxylic acids is 3. The van der Waals surface area contributed by atoms with Gasteiger partial charge in [-0.25, -0.2) is 4.90 Å². The highest BCUT2D eigenvalue weighted by atomic mass is 35.5. The summed E-state index contributed by atoms with van der Waals surface area (Å²) < 4.78 is 0. The van der Waals surface area contributed by atoms with Gasteiger partial charge in [-0.15, -0.1) is 0 Å². The SMILES string of the molecule is O=C(Nc1ccc(Cl)c(Cl)c1)c1cccc(NC2=C(Cl)C(=O)N(c3cccc(Cl)c3Cl)C2=O)c1. The smallest absolute Gasteiger partial charge is 0.283 e. The Hall–Kier alpha value is -2.74. The Kier molecular flexibility index (Phi) is 7.07. The summed E-state index contributed by atoms with van der Waals surface area (Å²) in [7, 11) is 0. The number of hydrogen-bond acceptors (Lipinski definition) is 4. The van der Waals surface area contributed by atoms with E-state index >= 15 is 0 Å². The van der Waals surface area contributed by atoms with Crippen molar-refractivity contribution in [1.82, 2.24) is 0 Å². The molecule has 0 atom stereocenters. The predicted octanol–water partition coefficient (Wildman–Crippen LogP) is 6.99. The van der Waals surface area contributed by atoms with Gasteiger partial charge in [0.2, 0.25) is 0 Å². The van der Waals surface area contributed by atoms with Crippen molar-refractivity contribution in [3.05, 3.63) is 97.0 Å². The minimum atomic E-state index is -0.758. The molecule has 0 bridgehead atoms. The lowest BCUT2D eigenvalue weighted by molar-refractivity contribution is -0.120. The van der Waals surface area contributed by atoms with E-state index in [1.54, 1.807) is 36.4 Å². The number of imide groups is 1. The van der Waals surface area contributed by atoms with Crippen LogP contribution < -0.4 is 15.5 Å². The van der Waals surface area contributed by atoms with Gasteiger partial charge in [-0.2, -0.15) is 0 Å². The molecular weight excluding hydrogens is 544 g/mol. The van der Waals surface area contributed by atoms with Crippen LogP contribution in [0.1, 0.15) is 10.4 Å². The van der Waals surface area contributed by atoms with Crippen molar-refractivity contribution in [1.29, 1.82) is 0 Å². The highest BCUT2D eigenvalue weighted by Crippen LogP contribution is 2.37. The summed E-state index contributed by atoms with van der Waals surface area (Å²) in [6.07, 6.45) is 0. The second kappa shape index (κ2) is 9.86. The lowest BCUT2D eigenvalue weighted by Gasteiger charge is -2.17. The highest BCUT2D eigenvalue weighted by Gasteiger charge is 2.40. The molecule has 1 aliphatic rings. The van der Waals surface area contributed by atoms with Crippen molar-refractivity contribution in [3.8, 4) is 0 Å². The van der Waals surface area contributed by atoms with Crippen molar-refractivity contribution in [2.45, 2.75) is 0 Å². The molecule has 0 saturated carbocycles. The summed E-state index contributed by atoms with van der Waals surface area (Å²) in [6.45, 7) is 0. The van der Waals surface area contributed by atoms with Gasteiger partial charge in [0.15, 0.2) is 0 Å². The van der Waals surface area contributed by atoms with Gasteiger partial charge < -0.3 is 10.6 Å². The van der Waals surface area contributed by atoms with Gasteiger partial charge in [-0.1, -0.05) is 70.1 Å². The molecule has 0 aliphatic carbocycles. The maximum atomic E-state index is 13.0. The number of rotatable bonds is 5. The van der Waals surface area contributed by atoms with E-state index in [0.717, 1.165) is 4.90 Å². The Morgan fingerprint density at radius 3 is 2.21 bits per heavy atom. The number of nitrogens with one attached hydrogen (secondary N) is 2. The van der Waals surface area contributed by atoms with Gasteiger partial charge >= 0.3 is 0 Å². The average Bonchev–Trinajstić information content (AvgIpc) is 3.01. The monoisotopic (exact) mass is 553 g/mol. The summed E-state index contributed by atoms with van der Waals surface area (Å²) in [4.78, 5) is 39.2. The number of nitrogens with zero attached hydrogens (tertiary/aromatic N) is 1. The molecule has 0 radical (unpaired) electrons. The first-order chi connectivity index (χ1) is 16.2. The molecule has 0 fully saturated rings. The summed E-state index contributed by atoms with van der Waals surface area (Å²) in [5, 5.41) is 6.08. The zero-order valence-corrected chi connectivity index (χ0v) is 20.6. The molecule has 0 aromatic heterocycles. The van der Waals surface area contributed by atoms with Crippen molar-refractivity contribution in [2.75, 3.05) is 15.5 Å². The first kappa shape index (κ1) is 24.4. The third kappa shape index (κ3) is 4.73. The zero-order valence-electron chi connectivity index (χ0n) is 16.8. The number of carbonyl (C=O) groups is 3. The topological polar surface area (TPSA) is 78.5 Å². The summed E-state index contributed by atoms with van der Waals surface area (Å²) in [5.74, 6) is -1.90. The minimum absolute atomic E-state index is 0.0394. The molecule has 2 N–H and O–H groups in total. The van der Waals surface area contributed by atoms with Crippen LogP contribution in [-0.2, 0) is 9.59 Å². The molecule has 0 spiro atoms. The van der Waals surface area contributed by atoms with Crippen LogP contribution in [0.3, 0.4) is 0 Å². The Balaban J connectivity index is 1.56. The third-order valence-corrected chi connectivity index (χ3v) is 6.67. The van der Waals surface area contributed by atoms with Crippen LogP contribution in [-0.4, -0.2) is 17.7 Å². The van der Waals surface area contributed by atoms with Crippen molar-refractivity contribution >= 4 is 92.8 Å². The largest absolute Gasteiger partial charge is 0.350 e. The molecular formula is C23H12Cl5N3O3. The quantitative estimate of drug-likeness (QED) is 0.333. The van der Waals surface area contributed by atoms with E-state index in [1.807, 2.05) is 0 Å². The van der Waals surface area contributed by atoms with Crippen LogP contribution in [0.2, 0.25) is 20.1 Å². The molecule has 4 rings (SSSR count). The van der Waals surface area contributed by atoms with Crippen molar-refractivity contribution in [2.24, 2.45) is 0 Å². The van der Waals surface area contributed by atoms with E-state index in [0.29, 0.717) is 21.4 Å². The van der Waals surface area contributed by atoms with Gasteiger partial charge in [-0.05, 0) is 48.5 Å². The Bertz CT molecular complexity index is 1390. The van der Waals surface area contributed by atoms with E-state index in [9.17, 15) is 14.4 Å². The van der Waals surface area contributed by atoms with Crippen molar-refractivity contribution < 1.29 is 14.4 Å². The van der Waals surface area contributed by atoms with E-state index < -0.39 is 17.7 Å². The van der Waals surface area contributed by atoms with E-state index in [4.69, 9.17) is 58.0 Å². The lowest BCUT2D eigenvalue weighted by atomic mass is 10.1. The summed E-state index contributed by atoms with van der Waals surface area (Å²) >= 11 is 30.3. The predicted molar refractivity (Wildman–Crippen MR) is 136 cm³/mol. The highest BCUT2D eigenvalue weighted by molar-refractivity contribution is 6.54. The zero-order chi connectivity index (χ0) is 24.6. The molecule has 34 heavy (non-hydrogen) atoms. The molecule has 3 aromatic rings. The maximum Gasteiger partial charge on any atom is 0.283 e. The van der Waals surface area contributed by atoms with E-state index in [-0.39, 0.29) is 32.0 Å². The Morgan fingerprint density at radius 2 is 1.47 bits per heavy atom. The summed E-state index contributed by atoms with van der Waals surface area (Å²) in [5.41, 5.74) is 1.03. The molecule has 6 nitrogen and oxygen atoms in total. The first-order valence-corrected chi connectivity index (χ1v) is 11.4. The van der Waals surface area contributed by atoms with Gasteiger partial charge in [0.05, 0.1) is 25.8 Å². The van der Waals surface area contributed by atoms with Crippen LogP contribution in [0.5, 0.6) is 0 Å². The second-order valence-electron chi connectivity index (χ2n) is 7.00. The number of amides is 3. The molecule has 3 aromatic carbocycles. The minimum Gasteiger partial charge on any atom is -0.350 e. The fourth-order valence-corrected chi connectivity index (χ4v) is 4.05. The Morgan fingerprint density at radius 1 is 0.735 bits per heavy atom. The summed E-state index contributed by atoms with van der Waals surface area (Å²) in [6, 6.07) is 15.5. The number of hydrogen-bond donors (Lipinski definition) is 2. The van der Waals surface area contributed by atoms with Crippen LogP contribution >= 0.6 is 58.0 Å². The molecule has 0 saturated heterocycles. The fourth-order valence-electron chi connectivity index (χ4n) is 3.15. The Labute approximate surface area is 219 Å². The first-order valence-electron chi connectivity index (χ1n) is 9.53. The van der Waals surface area contributed by atoms with Crippen LogP contribution in [0.25, 0.3) is 0 Å². The second-order valence-corrected chi connectivity index (χ2v) is 8.97. The standard InChI is InChI=1S/C23H12Cl5N3O3/c24-14-8-7-13(10-16(14)26)30-21(32)11-3-1-4-12(9-11)29-20-19(28)22(33)31(23(20)34)17-6-2-5-15(25)18(17)27/h1-10,29H,(H,30,32). The van der Waals surface area contributed by atoms with Crippen LogP contribution in [0.4, 0.5) is 17.1 Å². The molecule has 1 heterocycles. The normalized spacial score (nSPS) is 13.5. The van der Waals surface area contributed by atoms with Crippen LogP contribution in [0.15, 0.2) is 71.4 Å².